The van der Waals surface area contributed by atoms with Gasteiger partial charge < -0.3 is 4.74 Å². The molecule has 7 nitrogen and oxygen atoms in total. The molecule has 1 aromatic heterocycles. The molecular weight excluding hydrogens is 256 g/mol. The molecule has 0 bridgehead atoms. The van der Waals surface area contributed by atoms with E-state index in [1.807, 2.05) is 24.3 Å². The predicted octanol–water partition coefficient (Wildman–Crippen LogP) is 0.746. The fourth-order valence-corrected chi connectivity index (χ4v) is 1.90. The van der Waals surface area contributed by atoms with Gasteiger partial charge in [0, 0.05) is 6.42 Å². The lowest BCUT2D eigenvalue weighted by Crippen LogP contribution is -2.30. The lowest BCUT2D eigenvalue weighted by Gasteiger charge is -2.15. The van der Waals surface area contributed by atoms with E-state index < -0.39 is 0 Å². The van der Waals surface area contributed by atoms with Crippen molar-refractivity contribution in [3.8, 4) is 5.75 Å². The van der Waals surface area contributed by atoms with E-state index in [-0.39, 0.29) is 6.04 Å². The van der Waals surface area contributed by atoms with E-state index in [0.717, 1.165) is 17.7 Å². The second-order valence-electron chi connectivity index (χ2n) is 4.54. The fraction of sp³-hybridized carbons (Fsp3) is 0.462. The molecule has 0 aliphatic heterocycles. The highest BCUT2D eigenvalue weighted by atomic mass is 16.5. The number of ether oxygens (including phenoxy) is 1. The number of aryl methyl sites for hydroxylation is 1. The Morgan fingerprint density at radius 3 is 2.95 bits per heavy atom. The van der Waals surface area contributed by atoms with Gasteiger partial charge in [-0.2, -0.15) is 4.80 Å². The molecule has 0 aliphatic rings. The van der Waals surface area contributed by atoms with Gasteiger partial charge in [0.1, 0.15) is 5.75 Å². The van der Waals surface area contributed by atoms with Crippen LogP contribution in [-0.4, -0.2) is 26.8 Å². The van der Waals surface area contributed by atoms with Gasteiger partial charge in [-0.1, -0.05) is 19.1 Å². The molecule has 2 rings (SSSR count). The maximum Gasteiger partial charge on any atom is 0.176 e. The average molecular weight is 276 g/mol. The van der Waals surface area contributed by atoms with E-state index in [4.69, 9.17) is 10.6 Å². The van der Waals surface area contributed by atoms with Gasteiger partial charge in [0.05, 0.1) is 19.7 Å². The fourth-order valence-electron chi connectivity index (χ4n) is 1.90. The van der Waals surface area contributed by atoms with Crippen LogP contribution in [0.25, 0.3) is 0 Å². The molecule has 0 amide bonds. The van der Waals surface area contributed by atoms with Crippen molar-refractivity contribution in [3.05, 3.63) is 35.7 Å². The Kier molecular flexibility index (Phi) is 5.03. The van der Waals surface area contributed by atoms with E-state index >= 15 is 0 Å². The van der Waals surface area contributed by atoms with Crippen LogP contribution in [-0.2, 0) is 13.5 Å². The summed E-state index contributed by atoms with van der Waals surface area (Å²) in [4.78, 5) is 1.43. The molecule has 0 radical (unpaired) electrons. The van der Waals surface area contributed by atoms with Gasteiger partial charge in [0.2, 0.25) is 0 Å². The molecule has 1 aromatic carbocycles. The summed E-state index contributed by atoms with van der Waals surface area (Å²) in [5.41, 5.74) is 3.82. The van der Waals surface area contributed by atoms with E-state index in [1.165, 1.54) is 4.80 Å². The minimum absolute atomic E-state index is 0.0793. The molecule has 20 heavy (non-hydrogen) atoms. The monoisotopic (exact) mass is 276 g/mol. The number of nitrogens with zero attached hydrogens (tertiary/aromatic N) is 4. The highest BCUT2D eigenvalue weighted by molar-refractivity contribution is 5.31. The first-order chi connectivity index (χ1) is 9.72. The van der Waals surface area contributed by atoms with Crippen LogP contribution >= 0.6 is 0 Å². The van der Waals surface area contributed by atoms with Gasteiger partial charge in [-0.05, 0) is 29.3 Å². The molecule has 1 heterocycles. The minimum Gasteiger partial charge on any atom is -0.494 e. The van der Waals surface area contributed by atoms with Gasteiger partial charge in [-0.25, -0.2) is 0 Å². The van der Waals surface area contributed by atoms with Crippen molar-refractivity contribution in [3.63, 3.8) is 0 Å². The summed E-state index contributed by atoms with van der Waals surface area (Å²) in [6.07, 6.45) is 1.55. The Hall–Kier alpha value is -1.99. The van der Waals surface area contributed by atoms with Crippen molar-refractivity contribution in [1.82, 2.24) is 25.6 Å². The summed E-state index contributed by atoms with van der Waals surface area (Å²) in [7, 11) is 1.74. The standard InChI is InChI=1S/C13H20N6O/c1-3-7-20-11-6-4-5-10(8-11)12(15-14)9-13-16-18-19(2)17-13/h4-6,8,12,15H,3,7,9,14H2,1-2H3. The number of nitrogens with one attached hydrogen (secondary N) is 1. The minimum atomic E-state index is -0.0793. The summed E-state index contributed by atoms with van der Waals surface area (Å²) in [6.45, 7) is 2.78. The first-order valence-electron chi connectivity index (χ1n) is 6.64. The number of rotatable bonds is 7. The molecular formula is C13H20N6O. The van der Waals surface area contributed by atoms with Crippen molar-refractivity contribution in [2.24, 2.45) is 12.9 Å². The van der Waals surface area contributed by atoms with Crippen LogP contribution in [0, 0.1) is 0 Å². The molecule has 0 saturated heterocycles. The zero-order valence-electron chi connectivity index (χ0n) is 11.8. The highest BCUT2D eigenvalue weighted by Crippen LogP contribution is 2.21. The zero-order valence-corrected chi connectivity index (χ0v) is 11.8. The van der Waals surface area contributed by atoms with Gasteiger partial charge in [-0.3, -0.25) is 11.3 Å². The number of hydrogen-bond donors (Lipinski definition) is 2. The molecule has 1 unspecified atom stereocenters. The molecule has 1 atom stereocenters. The molecule has 3 N–H and O–H groups in total. The number of hydrazine groups is 1. The summed E-state index contributed by atoms with van der Waals surface area (Å²) in [6, 6.07) is 7.79. The van der Waals surface area contributed by atoms with Crippen molar-refractivity contribution >= 4 is 0 Å². The molecule has 0 saturated carbocycles. The average Bonchev–Trinajstić information content (AvgIpc) is 2.88. The Balaban J connectivity index is 2.10. The quantitative estimate of drug-likeness (QED) is 0.573. The van der Waals surface area contributed by atoms with Crippen LogP contribution in [0.1, 0.15) is 30.8 Å². The van der Waals surface area contributed by atoms with E-state index in [2.05, 4.69) is 27.8 Å². The number of nitrogens with two attached hydrogens (primary N) is 1. The molecule has 7 heteroatoms. The van der Waals surface area contributed by atoms with Crippen molar-refractivity contribution in [2.45, 2.75) is 25.8 Å². The number of aromatic nitrogens is 4. The Morgan fingerprint density at radius 2 is 2.30 bits per heavy atom. The number of tetrazole rings is 1. The molecule has 108 valence electrons. The van der Waals surface area contributed by atoms with Gasteiger partial charge in [0.15, 0.2) is 5.82 Å². The molecule has 0 fully saturated rings. The third-order valence-corrected chi connectivity index (χ3v) is 2.87. The first kappa shape index (κ1) is 14.4. The van der Waals surface area contributed by atoms with Crippen LogP contribution < -0.4 is 16.0 Å². The maximum atomic E-state index is 5.64. The summed E-state index contributed by atoms with van der Waals surface area (Å²) in [5.74, 6) is 7.13. The first-order valence-corrected chi connectivity index (χ1v) is 6.64. The van der Waals surface area contributed by atoms with E-state index in [0.29, 0.717) is 18.9 Å². The van der Waals surface area contributed by atoms with Gasteiger partial charge in [0.25, 0.3) is 0 Å². The number of hydrogen-bond acceptors (Lipinski definition) is 6. The van der Waals surface area contributed by atoms with Crippen LogP contribution in [0.4, 0.5) is 0 Å². The van der Waals surface area contributed by atoms with E-state index in [9.17, 15) is 0 Å². The van der Waals surface area contributed by atoms with Crippen molar-refractivity contribution in [2.75, 3.05) is 6.61 Å². The normalized spacial score (nSPS) is 12.3. The Bertz CT molecular complexity index is 541. The topological polar surface area (TPSA) is 90.9 Å². The van der Waals surface area contributed by atoms with Crippen LogP contribution in [0.3, 0.4) is 0 Å². The van der Waals surface area contributed by atoms with Crippen LogP contribution in [0.15, 0.2) is 24.3 Å². The summed E-state index contributed by atoms with van der Waals surface area (Å²) in [5, 5.41) is 12.0. The lowest BCUT2D eigenvalue weighted by atomic mass is 10.0. The van der Waals surface area contributed by atoms with Crippen molar-refractivity contribution in [1.29, 1.82) is 0 Å². The van der Waals surface area contributed by atoms with Gasteiger partial charge in [-0.15, -0.1) is 10.2 Å². The second kappa shape index (κ2) is 6.97. The van der Waals surface area contributed by atoms with Crippen LogP contribution in [0.2, 0.25) is 0 Å². The Labute approximate surface area is 118 Å². The SMILES string of the molecule is CCCOc1cccc(C(Cc2nnn(C)n2)NN)c1. The largest absolute Gasteiger partial charge is 0.494 e. The molecule has 0 spiro atoms. The Morgan fingerprint density at radius 1 is 1.45 bits per heavy atom. The number of benzene rings is 1. The summed E-state index contributed by atoms with van der Waals surface area (Å²) >= 11 is 0. The summed E-state index contributed by atoms with van der Waals surface area (Å²) < 4.78 is 5.63. The lowest BCUT2D eigenvalue weighted by molar-refractivity contribution is 0.316. The zero-order chi connectivity index (χ0) is 14.4. The van der Waals surface area contributed by atoms with Gasteiger partial charge >= 0.3 is 0 Å². The third-order valence-electron chi connectivity index (χ3n) is 2.87. The second-order valence-corrected chi connectivity index (χ2v) is 4.54. The van der Waals surface area contributed by atoms with E-state index in [1.54, 1.807) is 7.05 Å². The predicted molar refractivity (Wildman–Crippen MR) is 74.8 cm³/mol. The van der Waals surface area contributed by atoms with Crippen molar-refractivity contribution < 1.29 is 4.74 Å². The maximum absolute atomic E-state index is 5.64. The molecule has 0 aliphatic carbocycles. The highest BCUT2D eigenvalue weighted by Gasteiger charge is 2.14. The molecule has 2 aromatic rings. The third kappa shape index (κ3) is 3.75. The smallest absolute Gasteiger partial charge is 0.176 e. The van der Waals surface area contributed by atoms with Crippen LogP contribution in [0.5, 0.6) is 5.75 Å².